The van der Waals surface area contributed by atoms with Gasteiger partial charge in [-0.15, -0.1) is 0 Å². The molecule has 4 heteroatoms. The van der Waals surface area contributed by atoms with Gasteiger partial charge in [-0.2, -0.15) is 0 Å². The highest BCUT2D eigenvalue weighted by molar-refractivity contribution is 5.79. The van der Waals surface area contributed by atoms with E-state index in [4.69, 9.17) is 5.73 Å². The molecule has 1 saturated heterocycles. The van der Waals surface area contributed by atoms with Gasteiger partial charge in [0.25, 0.3) is 0 Å². The van der Waals surface area contributed by atoms with Gasteiger partial charge in [0.05, 0.1) is 0 Å². The fourth-order valence-corrected chi connectivity index (χ4v) is 3.52. The number of piperazine rings is 1. The third-order valence-corrected chi connectivity index (χ3v) is 4.98. The third-order valence-electron chi connectivity index (χ3n) is 4.98. The van der Waals surface area contributed by atoms with E-state index < -0.39 is 0 Å². The molecule has 1 amide bonds. The van der Waals surface area contributed by atoms with Crippen molar-refractivity contribution in [3.8, 4) is 0 Å². The van der Waals surface area contributed by atoms with Gasteiger partial charge in [0, 0.05) is 31.6 Å². The van der Waals surface area contributed by atoms with Crippen LogP contribution in [0, 0.1) is 11.8 Å². The predicted octanol–water partition coefficient (Wildman–Crippen LogP) is 1.30. The van der Waals surface area contributed by atoms with Gasteiger partial charge in [0.2, 0.25) is 5.91 Å². The fraction of sp³-hybridized carbons (Fsp3) is 0.933. The Morgan fingerprint density at radius 2 is 2.11 bits per heavy atom. The molecular weight excluding hydrogens is 238 g/mol. The Morgan fingerprint density at radius 1 is 1.32 bits per heavy atom. The van der Waals surface area contributed by atoms with E-state index in [1.54, 1.807) is 0 Å². The zero-order valence-electron chi connectivity index (χ0n) is 12.5. The van der Waals surface area contributed by atoms with Crippen LogP contribution in [0.1, 0.15) is 39.0 Å². The van der Waals surface area contributed by atoms with Crippen LogP contribution in [0.5, 0.6) is 0 Å². The molecule has 19 heavy (non-hydrogen) atoms. The Kier molecular flexibility index (Phi) is 5.22. The van der Waals surface area contributed by atoms with Crippen LogP contribution in [0.3, 0.4) is 0 Å². The van der Waals surface area contributed by atoms with Crippen molar-refractivity contribution in [2.75, 3.05) is 33.2 Å². The third kappa shape index (κ3) is 3.69. The first-order valence-electron chi connectivity index (χ1n) is 7.81. The maximum absolute atomic E-state index is 12.6. The first-order valence-corrected chi connectivity index (χ1v) is 7.81. The molecule has 1 aliphatic carbocycles. The van der Waals surface area contributed by atoms with Crippen molar-refractivity contribution in [1.82, 2.24) is 9.80 Å². The van der Waals surface area contributed by atoms with Crippen molar-refractivity contribution in [3.63, 3.8) is 0 Å². The second kappa shape index (κ2) is 6.71. The Labute approximate surface area is 117 Å². The molecule has 2 N–H and O–H groups in total. The molecule has 110 valence electrons. The van der Waals surface area contributed by atoms with E-state index in [2.05, 4.69) is 23.8 Å². The summed E-state index contributed by atoms with van der Waals surface area (Å²) in [5, 5.41) is 0. The van der Waals surface area contributed by atoms with Crippen LogP contribution < -0.4 is 5.73 Å². The van der Waals surface area contributed by atoms with E-state index in [0.29, 0.717) is 17.9 Å². The van der Waals surface area contributed by atoms with Gasteiger partial charge in [0.15, 0.2) is 0 Å². The van der Waals surface area contributed by atoms with Crippen molar-refractivity contribution < 1.29 is 4.79 Å². The molecule has 0 aromatic heterocycles. The Balaban J connectivity index is 1.88. The smallest absolute Gasteiger partial charge is 0.225 e. The molecule has 3 atom stereocenters. The summed E-state index contributed by atoms with van der Waals surface area (Å²) in [6.07, 6.45) is 5.70. The molecule has 0 aromatic carbocycles. The van der Waals surface area contributed by atoms with E-state index in [1.165, 1.54) is 12.8 Å². The number of carbonyl (C=O) groups is 1. The maximum Gasteiger partial charge on any atom is 0.225 e. The molecule has 1 aliphatic heterocycles. The van der Waals surface area contributed by atoms with Crippen LogP contribution >= 0.6 is 0 Å². The standard InChI is InChI=1S/C15H29N3O/c1-12-11-18(9-8-17(12)2)15(19)14-5-3-4-13(10-14)6-7-16/h12-14H,3-11,16H2,1-2H3. The van der Waals surface area contributed by atoms with E-state index >= 15 is 0 Å². The Bertz CT molecular complexity index is 306. The number of hydrogen-bond acceptors (Lipinski definition) is 3. The summed E-state index contributed by atoms with van der Waals surface area (Å²) in [6.45, 7) is 5.77. The molecule has 0 bridgehead atoms. The van der Waals surface area contributed by atoms with Crippen molar-refractivity contribution in [2.45, 2.75) is 45.1 Å². The summed E-state index contributed by atoms with van der Waals surface area (Å²) in [5.74, 6) is 1.35. The second-order valence-electron chi connectivity index (χ2n) is 6.42. The average molecular weight is 267 g/mol. The lowest BCUT2D eigenvalue weighted by molar-refractivity contribution is -0.139. The highest BCUT2D eigenvalue weighted by Gasteiger charge is 2.32. The quantitative estimate of drug-likeness (QED) is 0.838. The fourth-order valence-electron chi connectivity index (χ4n) is 3.52. The molecule has 0 spiro atoms. The molecular formula is C15H29N3O. The van der Waals surface area contributed by atoms with Crippen LogP contribution in [-0.2, 0) is 4.79 Å². The topological polar surface area (TPSA) is 49.6 Å². The summed E-state index contributed by atoms with van der Waals surface area (Å²) < 4.78 is 0. The van der Waals surface area contributed by atoms with Gasteiger partial charge in [-0.05, 0) is 45.7 Å². The average Bonchev–Trinajstić information content (AvgIpc) is 2.42. The maximum atomic E-state index is 12.6. The summed E-state index contributed by atoms with van der Waals surface area (Å²) in [4.78, 5) is 17.1. The number of carbonyl (C=O) groups excluding carboxylic acids is 1. The highest BCUT2D eigenvalue weighted by atomic mass is 16.2. The minimum Gasteiger partial charge on any atom is -0.340 e. The van der Waals surface area contributed by atoms with Gasteiger partial charge in [0.1, 0.15) is 0 Å². The lowest BCUT2D eigenvalue weighted by Crippen LogP contribution is -2.53. The van der Waals surface area contributed by atoms with Gasteiger partial charge >= 0.3 is 0 Å². The van der Waals surface area contributed by atoms with Gasteiger partial charge < -0.3 is 15.5 Å². The van der Waals surface area contributed by atoms with Gasteiger partial charge in [-0.1, -0.05) is 12.8 Å². The lowest BCUT2D eigenvalue weighted by atomic mass is 9.79. The number of nitrogens with zero attached hydrogens (tertiary/aromatic N) is 2. The predicted molar refractivity (Wildman–Crippen MR) is 77.8 cm³/mol. The van der Waals surface area contributed by atoms with Crippen LogP contribution in [0.2, 0.25) is 0 Å². The molecule has 3 unspecified atom stereocenters. The molecule has 0 aromatic rings. The number of rotatable bonds is 3. The summed E-state index contributed by atoms with van der Waals surface area (Å²) >= 11 is 0. The monoisotopic (exact) mass is 267 g/mol. The normalized spacial score (nSPS) is 33.4. The zero-order chi connectivity index (χ0) is 13.8. The molecule has 2 aliphatic rings. The summed E-state index contributed by atoms with van der Waals surface area (Å²) in [6, 6.07) is 0.487. The minimum absolute atomic E-state index is 0.265. The van der Waals surface area contributed by atoms with Crippen molar-refractivity contribution in [3.05, 3.63) is 0 Å². The highest BCUT2D eigenvalue weighted by Crippen LogP contribution is 2.32. The molecule has 4 nitrogen and oxygen atoms in total. The number of hydrogen-bond donors (Lipinski definition) is 1. The van der Waals surface area contributed by atoms with Gasteiger partial charge in [-0.3, -0.25) is 4.79 Å². The van der Waals surface area contributed by atoms with Crippen LogP contribution in [0.15, 0.2) is 0 Å². The number of likely N-dealkylation sites (N-methyl/N-ethyl adjacent to an activating group) is 1. The molecule has 2 rings (SSSR count). The summed E-state index contributed by atoms with van der Waals surface area (Å²) in [5.41, 5.74) is 5.66. The van der Waals surface area contributed by atoms with E-state index in [1.807, 2.05) is 0 Å². The zero-order valence-corrected chi connectivity index (χ0v) is 12.5. The van der Waals surface area contributed by atoms with Crippen molar-refractivity contribution in [2.24, 2.45) is 17.6 Å². The van der Waals surface area contributed by atoms with Crippen LogP contribution in [0.4, 0.5) is 0 Å². The summed E-state index contributed by atoms with van der Waals surface area (Å²) in [7, 11) is 2.14. The number of nitrogens with two attached hydrogens (primary N) is 1. The molecule has 0 radical (unpaired) electrons. The first kappa shape index (κ1) is 14.8. The van der Waals surface area contributed by atoms with Crippen LogP contribution in [0.25, 0.3) is 0 Å². The Morgan fingerprint density at radius 3 is 2.79 bits per heavy atom. The van der Waals surface area contributed by atoms with E-state index in [-0.39, 0.29) is 5.92 Å². The molecule has 2 fully saturated rings. The lowest BCUT2D eigenvalue weighted by Gasteiger charge is -2.40. The minimum atomic E-state index is 0.265. The van der Waals surface area contributed by atoms with Crippen molar-refractivity contribution >= 4 is 5.91 Å². The molecule has 1 heterocycles. The van der Waals surface area contributed by atoms with E-state index in [0.717, 1.165) is 45.4 Å². The number of amides is 1. The second-order valence-corrected chi connectivity index (χ2v) is 6.42. The Hall–Kier alpha value is -0.610. The van der Waals surface area contributed by atoms with Crippen molar-refractivity contribution in [1.29, 1.82) is 0 Å². The molecule has 1 saturated carbocycles. The largest absolute Gasteiger partial charge is 0.340 e. The van der Waals surface area contributed by atoms with E-state index in [9.17, 15) is 4.79 Å². The van der Waals surface area contributed by atoms with Gasteiger partial charge in [-0.25, -0.2) is 0 Å². The SMILES string of the molecule is CC1CN(C(=O)C2CCCC(CCN)C2)CCN1C. The first-order chi connectivity index (χ1) is 9.11. The van der Waals surface area contributed by atoms with Crippen LogP contribution in [-0.4, -0.2) is 55.0 Å².